The smallest absolute Gasteiger partial charge is 0.249 e. The molecule has 26 heavy (non-hydrogen) atoms. The van der Waals surface area contributed by atoms with E-state index in [9.17, 15) is 4.79 Å². The summed E-state index contributed by atoms with van der Waals surface area (Å²) in [6.07, 6.45) is 1.11. The number of amides is 1. The molecule has 0 spiro atoms. The summed E-state index contributed by atoms with van der Waals surface area (Å²) < 4.78 is 10.4. The molecule has 0 fully saturated rings. The predicted octanol–water partition coefficient (Wildman–Crippen LogP) is 3.56. The second-order valence-corrected chi connectivity index (χ2v) is 5.96. The lowest BCUT2D eigenvalue weighted by Gasteiger charge is -2.09. The molecule has 1 N–H and O–H groups in total. The molecule has 0 aliphatic rings. The van der Waals surface area contributed by atoms with Crippen LogP contribution in [-0.4, -0.2) is 23.2 Å². The summed E-state index contributed by atoms with van der Waals surface area (Å²) >= 11 is 0. The average Bonchev–Trinajstić information content (AvgIpc) is 3.18. The van der Waals surface area contributed by atoms with Crippen LogP contribution in [-0.2, 0) is 11.2 Å². The summed E-state index contributed by atoms with van der Waals surface area (Å²) in [6, 6.07) is 16.9. The van der Waals surface area contributed by atoms with E-state index in [0.29, 0.717) is 24.6 Å². The molecular formula is C20H21N3O3. The van der Waals surface area contributed by atoms with Gasteiger partial charge in [0, 0.05) is 12.0 Å². The van der Waals surface area contributed by atoms with Crippen molar-refractivity contribution in [3.8, 4) is 17.1 Å². The Morgan fingerprint density at radius 1 is 1.15 bits per heavy atom. The molecule has 1 heterocycles. The minimum Gasteiger partial charge on any atom is -0.497 e. The molecule has 3 aromatic rings. The van der Waals surface area contributed by atoms with Crippen LogP contribution >= 0.6 is 0 Å². The standard InChI is InChI=1S/C20H21N3O3/c1-14(21-18(24)13-8-15-6-4-3-5-7-15)20-22-19(23-26-20)16-9-11-17(25-2)12-10-16/h3-7,9-12,14H,8,13H2,1-2H3,(H,21,24). The summed E-state index contributed by atoms with van der Waals surface area (Å²) in [5.74, 6) is 1.57. The number of ether oxygens (including phenoxy) is 1. The Hall–Kier alpha value is -3.15. The van der Waals surface area contributed by atoms with Crippen molar-refractivity contribution in [2.75, 3.05) is 7.11 Å². The van der Waals surface area contributed by atoms with E-state index >= 15 is 0 Å². The van der Waals surface area contributed by atoms with Crippen LogP contribution in [0.2, 0.25) is 0 Å². The van der Waals surface area contributed by atoms with E-state index in [0.717, 1.165) is 16.9 Å². The van der Waals surface area contributed by atoms with Crippen molar-refractivity contribution < 1.29 is 14.1 Å². The molecule has 2 aromatic carbocycles. The van der Waals surface area contributed by atoms with Crippen molar-refractivity contribution in [1.82, 2.24) is 15.5 Å². The lowest BCUT2D eigenvalue weighted by atomic mass is 10.1. The van der Waals surface area contributed by atoms with E-state index in [1.165, 1.54) is 0 Å². The Morgan fingerprint density at radius 3 is 2.58 bits per heavy atom. The average molecular weight is 351 g/mol. The Kier molecular flexibility index (Phi) is 5.63. The SMILES string of the molecule is COc1ccc(-c2noc(C(C)NC(=O)CCc3ccccc3)n2)cc1. The number of aryl methyl sites for hydroxylation is 1. The third-order valence-corrected chi connectivity index (χ3v) is 4.02. The fourth-order valence-electron chi connectivity index (χ4n) is 2.55. The molecule has 0 bridgehead atoms. The fraction of sp³-hybridized carbons (Fsp3) is 0.250. The van der Waals surface area contributed by atoms with Gasteiger partial charge in [0.15, 0.2) is 0 Å². The number of nitrogens with zero attached hydrogens (tertiary/aromatic N) is 2. The number of hydrogen-bond acceptors (Lipinski definition) is 5. The van der Waals surface area contributed by atoms with Gasteiger partial charge < -0.3 is 14.6 Å². The van der Waals surface area contributed by atoms with Gasteiger partial charge in [-0.25, -0.2) is 0 Å². The fourth-order valence-corrected chi connectivity index (χ4v) is 2.55. The van der Waals surface area contributed by atoms with Crippen molar-refractivity contribution in [2.45, 2.75) is 25.8 Å². The molecule has 134 valence electrons. The van der Waals surface area contributed by atoms with Crippen LogP contribution in [0.4, 0.5) is 0 Å². The monoisotopic (exact) mass is 351 g/mol. The third-order valence-electron chi connectivity index (χ3n) is 4.02. The molecule has 0 aliphatic carbocycles. The maximum atomic E-state index is 12.1. The van der Waals surface area contributed by atoms with Gasteiger partial charge in [0.1, 0.15) is 11.8 Å². The first-order valence-corrected chi connectivity index (χ1v) is 8.47. The van der Waals surface area contributed by atoms with Gasteiger partial charge in [0.05, 0.1) is 7.11 Å². The number of methoxy groups -OCH3 is 1. The number of carbonyl (C=O) groups is 1. The normalized spacial score (nSPS) is 11.8. The minimum absolute atomic E-state index is 0.0504. The number of carbonyl (C=O) groups excluding carboxylic acids is 1. The first-order chi connectivity index (χ1) is 12.7. The van der Waals surface area contributed by atoms with Crippen LogP contribution in [0.1, 0.15) is 30.8 Å². The second kappa shape index (κ2) is 8.29. The maximum absolute atomic E-state index is 12.1. The molecule has 3 rings (SSSR count). The summed E-state index contributed by atoms with van der Waals surface area (Å²) in [5.41, 5.74) is 1.96. The van der Waals surface area contributed by atoms with Gasteiger partial charge in [-0.05, 0) is 43.2 Å². The van der Waals surface area contributed by atoms with Crippen molar-refractivity contribution in [3.05, 3.63) is 66.1 Å². The van der Waals surface area contributed by atoms with Crippen LogP contribution in [0.5, 0.6) is 5.75 Å². The zero-order chi connectivity index (χ0) is 18.4. The van der Waals surface area contributed by atoms with Crippen LogP contribution in [0, 0.1) is 0 Å². The van der Waals surface area contributed by atoms with Gasteiger partial charge in [-0.1, -0.05) is 35.5 Å². The van der Waals surface area contributed by atoms with Crippen LogP contribution in [0.15, 0.2) is 59.1 Å². The van der Waals surface area contributed by atoms with Crippen molar-refractivity contribution in [2.24, 2.45) is 0 Å². The van der Waals surface area contributed by atoms with Crippen molar-refractivity contribution >= 4 is 5.91 Å². The number of aromatic nitrogens is 2. The van der Waals surface area contributed by atoms with E-state index in [4.69, 9.17) is 9.26 Å². The highest BCUT2D eigenvalue weighted by molar-refractivity contribution is 5.76. The van der Waals surface area contributed by atoms with E-state index in [2.05, 4.69) is 15.5 Å². The topological polar surface area (TPSA) is 77.3 Å². The van der Waals surface area contributed by atoms with Gasteiger partial charge in [0.25, 0.3) is 0 Å². The van der Waals surface area contributed by atoms with E-state index < -0.39 is 0 Å². The molecule has 6 nitrogen and oxygen atoms in total. The zero-order valence-electron chi connectivity index (χ0n) is 14.8. The zero-order valence-corrected chi connectivity index (χ0v) is 14.8. The maximum Gasteiger partial charge on any atom is 0.249 e. The quantitative estimate of drug-likeness (QED) is 0.704. The van der Waals surface area contributed by atoms with Gasteiger partial charge in [0.2, 0.25) is 17.6 Å². The number of hydrogen-bond donors (Lipinski definition) is 1. The Labute approximate surface area is 152 Å². The Bertz CT molecular complexity index is 844. The summed E-state index contributed by atoms with van der Waals surface area (Å²) in [4.78, 5) is 16.5. The number of rotatable bonds is 7. The van der Waals surface area contributed by atoms with Crippen molar-refractivity contribution in [3.63, 3.8) is 0 Å². The second-order valence-electron chi connectivity index (χ2n) is 5.96. The molecule has 6 heteroatoms. The molecule has 0 saturated carbocycles. The molecule has 1 aromatic heterocycles. The largest absolute Gasteiger partial charge is 0.497 e. The molecule has 0 aliphatic heterocycles. The van der Waals surface area contributed by atoms with Crippen molar-refractivity contribution in [1.29, 1.82) is 0 Å². The highest BCUT2D eigenvalue weighted by atomic mass is 16.5. The van der Waals surface area contributed by atoms with E-state index in [1.54, 1.807) is 7.11 Å². The molecule has 0 radical (unpaired) electrons. The highest BCUT2D eigenvalue weighted by Gasteiger charge is 2.17. The third kappa shape index (κ3) is 4.47. The summed E-state index contributed by atoms with van der Waals surface area (Å²) in [7, 11) is 1.61. The molecule has 1 amide bonds. The molecular weight excluding hydrogens is 330 g/mol. The Balaban J connectivity index is 1.57. The highest BCUT2D eigenvalue weighted by Crippen LogP contribution is 2.21. The summed E-state index contributed by atoms with van der Waals surface area (Å²) in [5, 5.41) is 6.88. The minimum atomic E-state index is -0.349. The molecule has 0 saturated heterocycles. The lowest BCUT2D eigenvalue weighted by molar-refractivity contribution is -0.121. The van der Waals surface area contributed by atoms with Gasteiger partial charge in [-0.2, -0.15) is 4.98 Å². The Morgan fingerprint density at radius 2 is 1.88 bits per heavy atom. The molecule has 1 atom stereocenters. The van der Waals surface area contributed by atoms with Gasteiger partial charge in [-0.3, -0.25) is 4.79 Å². The van der Waals surface area contributed by atoms with E-state index in [-0.39, 0.29) is 11.9 Å². The van der Waals surface area contributed by atoms with Crippen LogP contribution in [0.25, 0.3) is 11.4 Å². The van der Waals surface area contributed by atoms with Gasteiger partial charge >= 0.3 is 0 Å². The molecule has 1 unspecified atom stereocenters. The first kappa shape index (κ1) is 17.7. The van der Waals surface area contributed by atoms with Crippen LogP contribution in [0.3, 0.4) is 0 Å². The summed E-state index contributed by atoms with van der Waals surface area (Å²) in [6.45, 7) is 1.83. The van der Waals surface area contributed by atoms with Gasteiger partial charge in [-0.15, -0.1) is 0 Å². The number of nitrogens with one attached hydrogen (secondary N) is 1. The first-order valence-electron chi connectivity index (χ1n) is 8.47. The number of benzene rings is 2. The lowest BCUT2D eigenvalue weighted by Crippen LogP contribution is -2.27. The predicted molar refractivity (Wildman–Crippen MR) is 97.6 cm³/mol. The van der Waals surface area contributed by atoms with Crippen LogP contribution < -0.4 is 10.1 Å². The van der Waals surface area contributed by atoms with E-state index in [1.807, 2.05) is 61.5 Å².